The quantitative estimate of drug-likeness (QED) is 0.724. The van der Waals surface area contributed by atoms with E-state index in [0.29, 0.717) is 13.2 Å². The molecule has 0 saturated heterocycles. The van der Waals surface area contributed by atoms with Crippen molar-refractivity contribution >= 4 is 0 Å². The lowest BCUT2D eigenvalue weighted by Crippen LogP contribution is -2.25. The number of rotatable bonds is 6. The van der Waals surface area contributed by atoms with Crippen LogP contribution in [0.15, 0.2) is 18.2 Å². The highest BCUT2D eigenvalue weighted by Crippen LogP contribution is 2.15. The number of aliphatic hydroxyl groups excluding tert-OH is 1. The third-order valence-electron chi connectivity index (χ3n) is 2.09. The molecule has 1 rings (SSSR count). The van der Waals surface area contributed by atoms with E-state index in [4.69, 9.17) is 4.74 Å². The fourth-order valence-electron chi connectivity index (χ4n) is 1.30. The van der Waals surface area contributed by atoms with E-state index in [2.05, 4.69) is 5.32 Å². The monoisotopic (exact) mass is 231 g/mol. The normalized spacial score (nSPS) is 12.8. The summed E-state index contributed by atoms with van der Waals surface area (Å²) < 4.78 is 30.5. The SMILES string of the molecule is COCCNCC(O)c1cc(F)cc(F)c1. The van der Waals surface area contributed by atoms with Gasteiger partial charge in [0.2, 0.25) is 0 Å². The summed E-state index contributed by atoms with van der Waals surface area (Å²) >= 11 is 0. The van der Waals surface area contributed by atoms with Gasteiger partial charge in [-0.2, -0.15) is 0 Å². The Morgan fingerprint density at radius 2 is 1.94 bits per heavy atom. The maximum Gasteiger partial charge on any atom is 0.126 e. The standard InChI is InChI=1S/C11H15F2NO2/c1-16-3-2-14-7-11(15)8-4-9(12)6-10(13)5-8/h4-6,11,14-15H,2-3,7H2,1H3. The first-order valence-corrected chi connectivity index (χ1v) is 4.97. The van der Waals surface area contributed by atoms with Crippen molar-refractivity contribution in [2.24, 2.45) is 0 Å². The van der Waals surface area contributed by atoms with E-state index in [-0.39, 0.29) is 12.1 Å². The van der Waals surface area contributed by atoms with Gasteiger partial charge in [-0.25, -0.2) is 8.78 Å². The molecule has 1 atom stereocenters. The molecule has 0 saturated carbocycles. The van der Waals surface area contributed by atoms with Gasteiger partial charge in [-0.05, 0) is 17.7 Å². The maximum atomic E-state index is 12.8. The highest BCUT2D eigenvalue weighted by molar-refractivity contribution is 5.20. The van der Waals surface area contributed by atoms with E-state index >= 15 is 0 Å². The van der Waals surface area contributed by atoms with Crippen molar-refractivity contribution in [1.82, 2.24) is 5.32 Å². The molecule has 16 heavy (non-hydrogen) atoms. The molecule has 0 aromatic heterocycles. The first-order chi connectivity index (χ1) is 7.63. The van der Waals surface area contributed by atoms with Crippen molar-refractivity contribution in [3.05, 3.63) is 35.4 Å². The molecule has 0 amide bonds. The molecule has 0 fully saturated rings. The fraction of sp³-hybridized carbons (Fsp3) is 0.455. The molecule has 0 radical (unpaired) electrons. The molecule has 0 aliphatic carbocycles. The van der Waals surface area contributed by atoms with Crippen LogP contribution in [0.2, 0.25) is 0 Å². The topological polar surface area (TPSA) is 41.5 Å². The number of benzene rings is 1. The van der Waals surface area contributed by atoms with Gasteiger partial charge in [0.25, 0.3) is 0 Å². The Hall–Kier alpha value is -1.04. The number of hydrogen-bond acceptors (Lipinski definition) is 3. The summed E-state index contributed by atoms with van der Waals surface area (Å²) in [7, 11) is 1.57. The number of aliphatic hydroxyl groups is 1. The number of hydrogen-bond donors (Lipinski definition) is 2. The molecule has 90 valence electrons. The predicted molar refractivity (Wildman–Crippen MR) is 56.1 cm³/mol. The van der Waals surface area contributed by atoms with Crippen molar-refractivity contribution in [1.29, 1.82) is 0 Å². The van der Waals surface area contributed by atoms with Gasteiger partial charge in [0.05, 0.1) is 12.7 Å². The van der Waals surface area contributed by atoms with Gasteiger partial charge < -0.3 is 15.2 Å². The van der Waals surface area contributed by atoms with Crippen LogP contribution in [-0.4, -0.2) is 31.9 Å². The van der Waals surface area contributed by atoms with E-state index in [1.165, 1.54) is 0 Å². The molecule has 0 aliphatic rings. The summed E-state index contributed by atoms with van der Waals surface area (Å²) in [4.78, 5) is 0. The van der Waals surface area contributed by atoms with Crippen molar-refractivity contribution < 1.29 is 18.6 Å². The maximum absolute atomic E-state index is 12.8. The van der Waals surface area contributed by atoms with Crippen LogP contribution in [0.3, 0.4) is 0 Å². The Kier molecular flexibility index (Phi) is 5.31. The van der Waals surface area contributed by atoms with E-state index in [1.54, 1.807) is 7.11 Å². The van der Waals surface area contributed by atoms with Crippen LogP contribution in [-0.2, 0) is 4.74 Å². The van der Waals surface area contributed by atoms with E-state index in [9.17, 15) is 13.9 Å². The minimum atomic E-state index is -0.929. The number of halogens is 2. The third kappa shape index (κ3) is 4.22. The van der Waals surface area contributed by atoms with Crippen molar-refractivity contribution in [2.75, 3.05) is 26.8 Å². The van der Waals surface area contributed by atoms with Crippen LogP contribution >= 0.6 is 0 Å². The molecular formula is C11H15F2NO2. The number of nitrogens with one attached hydrogen (secondary N) is 1. The first kappa shape index (κ1) is 13.0. The summed E-state index contributed by atoms with van der Waals surface area (Å²) in [5.41, 5.74) is 0.224. The lowest BCUT2D eigenvalue weighted by Gasteiger charge is -2.12. The predicted octanol–water partition coefficient (Wildman–Crippen LogP) is 1.23. The Bertz CT molecular complexity index is 314. The van der Waals surface area contributed by atoms with Crippen molar-refractivity contribution in [3.8, 4) is 0 Å². The van der Waals surface area contributed by atoms with Crippen molar-refractivity contribution in [2.45, 2.75) is 6.10 Å². The van der Waals surface area contributed by atoms with Gasteiger partial charge in [-0.15, -0.1) is 0 Å². The molecule has 5 heteroatoms. The van der Waals surface area contributed by atoms with Crippen LogP contribution < -0.4 is 5.32 Å². The van der Waals surface area contributed by atoms with Crippen LogP contribution in [0.25, 0.3) is 0 Å². The summed E-state index contributed by atoms with van der Waals surface area (Å²) in [5, 5.41) is 12.5. The van der Waals surface area contributed by atoms with Gasteiger partial charge in [0, 0.05) is 26.3 Å². The van der Waals surface area contributed by atoms with Gasteiger partial charge in [-0.3, -0.25) is 0 Å². The van der Waals surface area contributed by atoms with Gasteiger partial charge in [0.15, 0.2) is 0 Å². The summed E-state index contributed by atoms with van der Waals surface area (Å²) in [5.74, 6) is -1.38. The Labute approximate surface area is 93.0 Å². The van der Waals surface area contributed by atoms with Crippen LogP contribution in [0.1, 0.15) is 11.7 Å². The zero-order valence-electron chi connectivity index (χ0n) is 9.04. The second-order valence-electron chi connectivity index (χ2n) is 3.42. The van der Waals surface area contributed by atoms with Crippen LogP contribution in [0, 0.1) is 11.6 Å². The molecule has 2 N–H and O–H groups in total. The highest BCUT2D eigenvalue weighted by Gasteiger charge is 2.09. The average molecular weight is 231 g/mol. The van der Waals surface area contributed by atoms with Gasteiger partial charge >= 0.3 is 0 Å². The van der Waals surface area contributed by atoms with Crippen LogP contribution in [0.4, 0.5) is 8.78 Å². The van der Waals surface area contributed by atoms with E-state index in [0.717, 1.165) is 18.2 Å². The molecular weight excluding hydrogens is 216 g/mol. The molecule has 3 nitrogen and oxygen atoms in total. The minimum absolute atomic E-state index is 0.224. The molecule has 0 heterocycles. The highest BCUT2D eigenvalue weighted by atomic mass is 19.1. The summed E-state index contributed by atoms with van der Waals surface area (Å²) in [6.07, 6.45) is -0.929. The minimum Gasteiger partial charge on any atom is -0.387 e. The second-order valence-corrected chi connectivity index (χ2v) is 3.42. The van der Waals surface area contributed by atoms with Crippen molar-refractivity contribution in [3.63, 3.8) is 0 Å². The molecule has 0 aliphatic heterocycles. The molecule has 1 aromatic carbocycles. The lowest BCUT2D eigenvalue weighted by molar-refractivity contribution is 0.161. The number of ether oxygens (including phenoxy) is 1. The first-order valence-electron chi connectivity index (χ1n) is 4.97. The summed E-state index contributed by atoms with van der Waals surface area (Å²) in [6, 6.07) is 3.01. The zero-order valence-corrected chi connectivity index (χ0v) is 9.04. The average Bonchev–Trinajstić information content (AvgIpc) is 2.22. The zero-order chi connectivity index (χ0) is 12.0. The van der Waals surface area contributed by atoms with Gasteiger partial charge in [-0.1, -0.05) is 0 Å². The Morgan fingerprint density at radius 1 is 1.31 bits per heavy atom. The Balaban J connectivity index is 2.48. The lowest BCUT2D eigenvalue weighted by atomic mass is 10.1. The molecule has 0 bridgehead atoms. The molecule has 0 spiro atoms. The van der Waals surface area contributed by atoms with E-state index in [1.807, 2.05) is 0 Å². The number of methoxy groups -OCH3 is 1. The Morgan fingerprint density at radius 3 is 2.50 bits per heavy atom. The molecule has 1 aromatic rings. The fourth-order valence-corrected chi connectivity index (χ4v) is 1.30. The van der Waals surface area contributed by atoms with Gasteiger partial charge in [0.1, 0.15) is 11.6 Å². The third-order valence-corrected chi connectivity index (χ3v) is 2.09. The second kappa shape index (κ2) is 6.52. The smallest absolute Gasteiger partial charge is 0.126 e. The van der Waals surface area contributed by atoms with E-state index < -0.39 is 17.7 Å². The van der Waals surface area contributed by atoms with Crippen LogP contribution in [0.5, 0.6) is 0 Å². The largest absolute Gasteiger partial charge is 0.387 e. The molecule has 1 unspecified atom stereocenters. The summed E-state index contributed by atoms with van der Waals surface area (Å²) in [6.45, 7) is 1.32.